The molecule has 9 heteroatoms. The molecule has 0 aromatic heterocycles. The van der Waals surface area contributed by atoms with Gasteiger partial charge in [-0.2, -0.15) is 16.8 Å². The highest BCUT2D eigenvalue weighted by Gasteiger charge is 2.38. The Kier molecular flexibility index (Phi) is 3.29. The first-order chi connectivity index (χ1) is 8.94. The largest absolute Gasteiger partial charge is 0.301 e. The van der Waals surface area contributed by atoms with Gasteiger partial charge in [0, 0.05) is 12.5 Å². The van der Waals surface area contributed by atoms with Gasteiger partial charge in [-0.3, -0.25) is 9.11 Å². The average molecular weight is 320 g/mol. The maximum atomic E-state index is 11.5. The van der Waals surface area contributed by atoms with Gasteiger partial charge in [-0.25, -0.2) is 4.58 Å². The lowest BCUT2D eigenvalue weighted by molar-refractivity contribution is -0.405. The Morgan fingerprint density at radius 3 is 2.10 bits per heavy atom. The summed E-state index contributed by atoms with van der Waals surface area (Å²) >= 11 is 0. The first-order valence-corrected chi connectivity index (χ1v) is 8.52. The topological polar surface area (TPSA) is 112 Å². The molecule has 1 aromatic rings. The normalized spacial score (nSPS) is 19.4. The minimum Gasteiger partial charge on any atom is -0.282 e. The van der Waals surface area contributed by atoms with Crippen LogP contribution in [-0.4, -0.2) is 43.3 Å². The number of benzene rings is 1. The second-order valence-corrected chi connectivity index (χ2v) is 7.54. The molecule has 1 aliphatic rings. The fourth-order valence-corrected chi connectivity index (χ4v) is 3.72. The fourth-order valence-electron chi connectivity index (χ4n) is 2.33. The molecule has 2 N–H and O–H groups in total. The van der Waals surface area contributed by atoms with E-state index in [1.54, 1.807) is 25.5 Å². The van der Waals surface area contributed by atoms with Crippen LogP contribution in [0.5, 0.6) is 0 Å². The Balaban J connectivity index is 2.95. The van der Waals surface area contributed by atoms with E-state index in [0.29, 0.717) is 5.56 Å². The highest BCUT2D eigenvalue weighted by molar-refractivity contribution is 7.86. The van der Waals surface area contributed by atoms with Gasteiger partial charge >= 0.3 is 10.1 Å². The van der Waals surface area contributed by atoms with Gasteiger partial charge < -0.3 is 0 Å². The summed E-state index contributed by atoms with van der Waals surface area (Å²) in [6.45, 7) is 3.55. The molecule has 1 aliphatic heterocycles. The summed E-state index contributed by atoms with van der Waals surface area (Å²) in [5, 5.41) is 0. The van der Waals surface area contributed by atoms with Crippen molar-refractivity contribution in [2.75, 3.05) is 7.05 Å². The lowest BCUT2D eigenvalue weighted by Gasteiger charge is -2.06. The van der Waals surface area contributed by atoms with Gasteiger partial charge in [-0.1, -0.05) is 0 Å². The van der Waals surface area contributed by atoms with Gasteiger partial charge in [0.15, 0.2) is 10.6 Å². The van der Waals surface area contributed by atoms with Gasteiger partial charge in [0.05, 0.1) is 10.8 Å². The quantitative estimate of drug-likeness (QED) is 0.622. The highest BCUT2D eigenvalue weighted by Crippen LogP contribution is 2.40. The zero-order valence-corrected chi connectivity index (χ0v) is 12.7. The summed E-state index contributed by atoms with van der Waals surface area (Å²) in [6.07, 6.45) is 0. The highest BCUT2D eigenvalue weighted by atomic mass is 32.2. The molecule has 2 rings (SSSR count). The Labute approximate surface area is 117 Å². The van der Waals surface area contributed by atoms with Crippen molar-refractivity contribution in [3.05, 3.63) is 17.7 Å². The van der Waals surface area contributed by atoms with Crippen molar-refractivity contribution in [1.82, 2.24) is 0 Å². The molecule has 0 amide bonds. The molecule has 110 valence electrons. The summed E-state index contributed by atoms with van der Waals surface area (Å²) in [4.78, 5) is -1.09. The van der Waals surface area contributed by atoms with E-state index in [9.17, 15) is 21.4 Å². The predicted molar refractivity (Wildman–Crippen MR) is 71.0 cm³/mol. The minimum absolute atomic E-state index is 0.225. The van der Waals surface area contributed by atoms with Gasteiger partial charge in [-0.05, 0) is 19.1 Å². The predicted octanol–water partition coefficient (Wildman–Crippen LogP) is 1.03. The van der Waals surface area contributed by atoms with Crippen LogP contribution in [0, 0.1) is 0 Å². The standard InChI is InChI=1S/C11H13NO6S2/c1-6-7(2)12(3)11-9(6)4-8(19(13,14)15)5-10(11)20(16,17)18/h4-6H,1-3H3,(H-,13,14,15,16,17,18)/p+1. The Morgan fingerprint density at radius 1 is 1.10 bits per heavy atom. The maximum Gasteiger partial charge on any atom is 0.301 e. The fraction of sp³-hybridized carbons (Fsp3) is 0.364. The van der Waals surface area contributed by atoms with Crippen molar-refractivity contribution in [2.24, 2.45) is 0 Å². The van der Waals surface area contributed by atoms with Gasteiger partial charge in [-0.15, -0.1) is 0 Å². The lowest BCUT2D eigenvalue weighted by atomic mass is 9.99. The van der Waals surface area contributed by atoms with Crippen LogP contribution >= 0.6 is 0 Å². The Bertz CT molecular complexity index is 836. The smallest absolute Gasteiger partial charge is 0.282 e. The number of rotatable bonds is 2. The SMILES string of the molecule is CC1=[N+](C)c2c(cc(S(=O)(=O)O)cc2S(=O)(=O)O)C1C. The average Bonchev–Trinajstić information content (AvgIpc) is 2.51. The summed E-state index contributed by atoms with van der Waals surface area (Å²) < 4.78 is 65.4. The molecule has 0 saturated carbocycles. The van der Waals surface area contributed by atoms with Crippen LogP contribution in [0.4, 0.5) is 5.69 Å². The van der Waals surface area contributed by atoms with Crippen LogP contribution < -0.4 is 0 Å². The van der Waals surface area contributed by atoms with E-state index < -0.39 is 30.0 Å². The zero-order valence-electron chi connectivity index (χ0n) is 11.0. The molecule has 0 fully saturated rings. The first kappa shape index (κ1) is 15.1. The molecule has 0 spiro atoms. The number of hydrogen-bond donors (Lipinski definition) is 2. The first-order valence-electron chi connectivity index (χ1n) is 5.64. The van der Waals surface area contributed by atoms with E-state index in [-0.39, 0.29) is 11.6 Å². The molecule has 1 heterocycles. The molecule has 0 radical (unpaired) electrons. The van der Waals surface area contributed by atoms with Crippen molar-refractivity contribution in [3.63, 3.8) is 0 Å². The number of fused-ring (bicyclic) bond motifs is 1. The Morgan fingerprint density at radius 2 is 1.65 bits per heavy atom. The van der Waals surface area contributed by atoms with E-state index in [1.807, 2.05) is 0 Å². The number of hydrogen-bond acceptors (Lipinski definition) is 4. The van der Waals surface area contributed by atoms with E-state index in [0.717, 1.165) is 11.8 Å². The van der Waals surface area contributed by atoms with E-state index in [4.69, 9.17) is 4.55 Å². The van der Waals surface area contributed by atoms with E-state index >= 15 is 0 Å². The second-order valence-electron chi connectivity index (χ2n) is 4.73. The van der Waals surface area contributed by atoms with Crippen LogP contribution in [0.2, 0.25) is 0 Å². The molecule has 20 heavy (non-hydrogen) atoms. The molecule has 1 unspecified atom stereocenters. The van der Waals surface area contributed by atoms with Crippen molar-refractivity contribution >= 4 is 31.6 Å². The zero-order chi connectivity index (χ0) is 15.5. The molecule has 1 aromatic carbocycles. The van der Waals surface area contributed by atoms with Crippen molar-refractivity contribution in [2.45, 2.75) is 29.6 Å². The van der Waals surface area contributed by atoms with Crippen LogP contribution in [-0.2, 0) is 20.2 Å². The molecular formula is C11H14NO6S2+. The number of nitrogens with zero attached hydrogens (tertiary/aromatic N) is 1. The summed E-state index contributed by atoms with van der Waals surface area (Å²) in [5.41, 5.74) is 1.45. The van der Waals surface area contributed by atoms with Gasteiger partial charge in [0.25, 0.3) is 10.1 Å². The van der Waals surface area contributed by atoms with Gasteiger partial charge in [0.2, 0.25) is 5.69 Å². The van der Waals surface area contributed by atoms with Gasteiger partial charge in [0.1, 0.15) is 7.05 Å². The van der Waals surface area contributed by atoms with Crippen molar-refractivity contribution in [1.29, 1.82) is 0 Å². The van der Waals surface area contributed by atoms with Crippen molar-refractivity contribution in [3.8, 4) is 0 Å². The molecule has 1 atom stereocenters. The van der Waals surface area contributed by atoms with Crippen LogP contribution in [0.15, 0.2) is 21.9 Å². The van der Waals surface area contributed by atoms with Crippen LogP contribution in [0.25, 0.3) is 0 Å². The van der Waals surface area contributed by atoms with E-state index in [2.05, 4.69) is 0 Å². The molecule has 0 bridgehead atoms. The third-order valence-corrected chi connectivity index (χ3v) is 5.31. The third-order valence-electron chi connectivity index (χ3n) is 3.61. The molecular weight excluding hydrogens is 306 g/mol. The molecule has 0 aliphatic carbocycles. The summed E-state index contributed by atoms with van der Waals surface area (Å²) in [6, 6.07) is 1.97. The second kappa shape index (κ2) is 4.35. The van der Waals surface area contributed by atoms with E-state index in [1.165, 1.54) is 6.07 Å². The summed E-state index contributed by atoms with van der Waals surface area (Å²) in [5.74, 6) is -0.225. The lowest BCUT2D eigenvalue weighted by Crippen LogP contribution is -2.09. The van der Waals surface area contributed by atoms with Crippen molar-refractivity contribution < 1.29 is 30.5 Å². The summed E-state index contributed by atoms with van der Waals surface area (Å²) in [7, 11) is -7.57. The molecule has 0 saturated heterocycles. The Hall–Kier alpha value is -1.29. The van der Waals surface area contributed by atoms with Crippen LogP contribution in [0.3, 0.4) is 0 Å². The third kappa shape index (κ3) is 2.26. The molecule has 7 nitrogen and oxygen atoms in total. The van der Waals surface area contributed by atoms with Crippen LogP contribution in [0.1, 0.15) is 25.3 Å². The minimum atomic E-state index is -4.62. The monoisotopic (exact) mass is 320 g/mol. The maximum absolute atomic E-state index is 11.5.